The first-order valence-electron chi connectivity index (χ1n) is 14.8. The van der Waals surface area contributed by atoms with Gasteiger partial charge in [-0.25, -0.2) is 14.6 Å². The molecule has 1 aromatic carbocycles. The van der Waals surface area contributed by atoms with Crippen LogP contribution in [0, 0.1) is 6.92 Å². The number of piperazine rings is 2. The number of hydrogen-bond acceptors (Lipinski definition) is 9. The highest BCUT2D eigenvalue weighted by molar-refractivity contribution is 5.98. The van der Waals surface area contributed by atoms with Crippen molar-refractivity contribution in [2.75, 3.05) is 79.2 Å². The number of methoxy groups -OCH3 is 1. The van der Waals surface area contributed by atoms with Gasteiger partial charge in [0, 0.05) is 63.8 Å². The van der Waals surface area contributed by atoms with Crippen LogP contribution in [0.4, 0.5) is 9.59 Å². The number of rotatable bonds is 9. The second kappa shape index (κ2) is 15.2. The Labute approximate surface area is 256 Å². The summed E-state index contributed by atoms with van der Waals surface area (Å²) in [6, 6.07) is 6.97. The SMILES string of the molecule is CCCCOC(=O)N1CCN(C(=O)CNC(=O)c2cc(OCC(=O)N3CCN(C(=O)OC)CC3)c3ccc(C)cc3n2)CC1. The molecule has 2 fully saturated rings. The molecule has 2 aliphatic heterocycles. The van der Waals surface area contributed by atoms with Crippen molar-refractivity contribution in [3.63, 3.8) is 0 Å². The average molecular weight is 613 g/mol. The molecule has 3 heterocycles. The number of unbranched alkanes of at least 4 members (excludes halogenated alkanes) is 1. The fourth-order valence-corrected chi connectivity index (χ4v) is 4.93. The van der Waals surface area contributed by atoms with Crippen molar-refractivity contribution in [2.24, 2.45) is 0 Å². The Hall–Kier alpha value is -4.62. The molecule has 0 unspecified atom stereocenters. The largest absolute Gasteiger partial charge is 0.483 e. The lowest BCUT2D eigenvalue weighted by Crippen LogP contribution is -2.52. The maximum atomic E-state index is 13.1. The Bertz CT molecular complexity index is 1370. The van der Waals surface area contributed by atoms with E-state index in [1.54, 1.807) is 14.7 Å². The highest BCUT2D eigenvalue weighted by Crippen LogP contribution is 2.27. The number of amides is 5. The van der Waals surface area contributed by atoms with Crippen LogP contribution >= 0.6 is 0 Å². The first kappa shape index (κ1) is 32.3. The van der Waals surface area contributed by atoms with Crippen molar-refractivity contribution in [1.29, 1.82) is 0 Å². The summed E-state index contributed by atoms with van der Waals surface area (Å²) in [6.07, 6.45) is 0.931. The zero-order valence-corrected chi connectivity index (χ0v) is 25.5. The van der Waals surface area contributed by atoms with E-state index in [0.717, 1.165) is 18.4 Å². The van der Waals surface area contributed by atoms with Crippen molar-refractivity contribution in [3.8, 4) is 5.75 Å². The minimum Gasteiger partial charge on any atom is -0.483 e. The van der Waals surface area contributed by atoms with Gasteiger partial charge in [0.2, 0.25) is 5.91 Å². The van der Waals surface area contributed by atoms with E-state index in [4.69, 9.17) is 14.2 Å². The van der Waals surface area contributed by atoms with E-state index >= 15 is 0 Å². The van der Waals surface area contributed by atoms with Gasteiger partial charge in [0.05, 0.1) is 25.8 Å². The highest BCUT2D eigenvalue weighted by atomic mass is 16.6. The topological polar surface area (TPSA) is 151 Å². The summed E-state index contributed by atoms with van der Waals surface area (Å²) in [6.45, 7) is 6.63. The van der Waals surface area contributed by atoms with E-state index in [-0.39, 0.29) is 36.8 Å². The van der Waals surface area contributed by atoms with Crippen molar-refractivity contribution in [3.05, 3.63) is 35.5 Å². The zero-order valence-electron chi connectivity index (χ0n) is 25.5. The van der Waals surface area contributed by atoms with Gasteiger partial charge in [0.15, 0.2) is 6.61 Å². The smallest absolute Gasteiger partial charge is 0.409 e. The Kier molecular flexibility index (Phi) is 11.2. The van der Waals surface area contributed by atoms with E-state index < -0.39 is 12.0 Å². The number of carbonyl (C=O) groups is 5. The molecule has 5 amide bonds. The van der Waals surface area contributed by atoms with Crippen LogP contribution in [-0.4, -0.2) is 134 Å². The molecule has 0 bridgehead atoms. The molecule has 0 atom stereocenters. The fourth-order valence-electron chi connectivity index (χ4n) is 4.93. The minimum atomic E-state index is -0.560. The van der Waals surface area contributed by atoms with Crippen LogP contribution in [0.3, 0.4) is 0 Å². The van der Waals surface area contributed by atoms with E-state index in [9.17, 15) is 24.0 Å². The summed E-state index contributed by atoms with van der Waals surface area (Å²) in [4.78, 5) is 73.4. The highest BCUT2D eigenvalue weighted by Gasteiger charge is 2.27. The number of aryl methyl sites for hydroxylation is 1. The molecule has 4 rings (SSSR count). The third-order valence-corrected chi connectivity index (χ3v) is 7.59. The minimum absolute atomic E-state index is 0.0460. The van der Waals surface area contributed by atoms with Gasteiger partial charge in [0.1, 0.15) is 11.4 Å². The molecule has 2 aromatic rings. The lowest BCUT2D eigenvalue weighted by molar-refractivity contribution is -0.135. The number of ether oxygens (including phenoxy) is 3. The molecular formula is C30H40N6O8. The quantitative estimate of drug-likeness (QED) is 0.417. The summed E-state index contributed by atoms with van der Waals surface area (Å²) in [7, 11) is 1.32. The molecule has 14 nitrogen and oxygen atoms in total. The van der Waals surface area contributed by atoms with E-state index in [2.05, 4.69) is 10.3 Å². The van der Waals surface area contributed by atoms with E-state index in [1.807, 2.05) is 32.0 Å². The lowest BCUT2D eigenvalue weighted by atomic mass is 10.1. The monoisotopic (exact) mass is 612 g/mol. The summed E-state index contributed by atoms with van der Waals surface area (Å²) in [5.74, 6) is -0.772. The van der Waals surface area contributed by atoms with Gasteiger partial charge in [-0.2, -0.15) is 0 Å². The Morgan fingerprint density at radius 2 is 1.45 bits per heavy atom. The van der Waals surface area contributed by atoms with Crippen LogP contribution < -0.4 is 10.1 Å². The van der Waals surface area contributed by atoms with Gasteiger partial charge >= 0.3 is 12.2 Å². The van der Waals surface area contributed by atoms with Crippen LogP contribution in [0.1, 0.15) is 35.8 Å². The molecule has 0 radical (unpaired) electrons. The predicted molar refractivity (Wildman–Crippen MR) is 159 cm³/mol. The second-order valence-corrected chi connectivity index (χ2v) is 10.7. The third kappa shape index (κ3) is 8.26. The molecule has 0 aliphatic carbocycles. The van der Waals surface area contributed by atoms with Crippen molar-refractivity contribution < 1.29 is 38.2 Å². The number of nitrogens with one attached hydrogen (secondary N) is 1. The van der Waals surface area contributed by atoms with Crippen LogP contribution in [0.5, 0.6) is 5.75 Å². The van der Waals surface area contributed by atoms with E-state index in [1.165, 1.54) is 18.1 Å². The summed E-state index contributed by atoms with van der Waals surface area (Å²) in [5, 5.41) is 3.27. The predicted octanol–water partition coefficient (Wildman–Crippen LogP) is 1.64. The summed E-state index contributed by atoms with van der Waals surface area (Å²) < 4.78 is 15.9. The Balaban J connectivity index is 1.33. The van der Waals surface area contributed by atoms with Crippen LogP contribution in [0.15, 0.2) is 24.3 Å². The van der Waals surface area contributed by atoms with Gasteiger partial charge < -0.3 is 39.1 Å². The molecule has 14 heteroatoms. The van der Waals surface area contributed by atoms with Gasteiger partial charge in [0.25, 0.3) is 11.8 Å². The second-order valence-electron chi connectivity index (χ2n) is 10.7. The normalized spacial score (nSPS) is 15.2. The van der Waals surface area contributed by atoms with Crippen molar-refractivity contribution in [1.82, 2.24) is 29.9 Å². The molecule has 1 aromatic heterocycles. The van der Waals surface area contributed by atoms with Crippen LogP contribution in [-0.2, 0) is 19.1 Å². The fraction of sp³-hybridized carbons (Fsp3) is 0.533. The van der Waals surface area contributed by atoms with Crippen molar-refractivity contribution in [2.45, 2.75) is 26.7 Å². The molecule has 238 valence electrons. The van der Waals surface area contributed by atoms with Crippen LogP contribution in [0.2, 0.25) is 0 Å². The molecule has 0 saturated carbocycles. The Morgan fingerprint density at radius 1 is 0.841 bits per heavy atom. The average Bonchev–Trinajstić information content (AvgIpc) is 3.05. The van der Waals surface area contributed by atoms with Gasteiger partial charge in [-0.1, -0.05) is 19.4 Å². The number of hydrogen-bond donors (Lipinski definition) is 1. The molecule has 2 aliphatic rings. The molecule has 1 N–H and O–H groups in total. The third-order valence-electron chi connectivity index (χ3n) is 7.59. The molecule has 0 spiro atoms. The first-order valence-corrected chi connectivity index (χ1v) is 14.8. The Morgan fingerprint density at radius 3 is 2.09 bits per heavy atom. The number of fused-ring (bicyclic) bond motifs is 1. The molecule has 2 saturated heterocycles. The number of benzene rings is 1. The van der Waals surface area contributed by atoms with E-state index in [0.29, 0.717) is 75.6 Å². The number of carbonyl (C=O) groups excluding carboxylic acids is 5. The summed E-state index contributed by atoms with van der Waals surface area (Å²) in [5.41, 5.74) is 1.49. The first-order chi connectivity index (χ1) is 21.2. The molecular weight excluding hydrogens is 572 g/mol. The maximum absolute atomic E-state index is 13.1. The lowest BCUT2D eigenvalue weighted by Gasteiger charge is -2.34. The number of nitrogens with zero attached hydrogens (tertiary/aromatic N) is 5. The maximum Gasteiger partial charge on any atom is 0.409 e. The molecule has 44 heavy (non-hydrogen) atoms. The van der Waals surface area contributed by atoms with Crippen molar-refractivity contribution >= 4 is 40.8 Å². The van der Waals surface area contributed by atoms with Gasteiger partial charge in [-0.15, -0.1) is 0 Å². The zero-order chi connectivity index (χ0) is 31.6. The summed E-state index contributed by atoms with van der Waals surface area (Å²) >= 11 is 0. The van der Waals surface area contributed by atoms with Gasteiger partial charge in [-0.05, 0) is 31.0 Å². The van der Waals surface area contributed by atoms with Gasteiger partial charge in [-0.3, -0.25) is 14.4 Å². The number of pyridine rings is 1. The standard InChI is InChI=1S/C30H40N6O8/c1-4-5-16-43-30(41)36-14-8-33(9-15-36)26(37)19-31-28(39)24-18-25(22-7-6-21(2)17-23(22)32-24)44-20-27(38)34-10-12-35(13-11-34)29(40)42-3/h6-7,17-18H,4-5,8-16,19-20H2,1-3H3,(H,31,39). The number of aromatic nitrogens is 1. The van der Waals surface area contributed by atoms with Crippen LogP contribution in [0.25, 0.3) is 10.9 Å².